The molecule has 1 aromatic carbocycles. The predicted octanol–water partition coefficient (Wildman–Crippen LogP) is 5.11. The Bertz CT molecular complexity index is 395. The van der Waals surface area contributed by atoms with Gasteiger partial charge in [-0.1, -0.05) is 57.2 Å². The van der Waals surface area contributed by atoms with E-state index in [0.29, 0.717) is 6.42 Å². The van der Waals surface area contributed by atoms with Gasteiger partial charge >= 0.3 is 0 Å². The third kappa shape index (κ3) is 6.06. The third-order valence-corrected chi connectivity index (χ3v) is 3.62. The van der Waals surface area contributed by atoms with Crippen molar-refractivity contribution in [2.75, 3.05) is 0 Å². The number of alkyl halides is 1. The van der Waals surface area contributed by atoms with Gasteiger partial charge in [0, 0.05) is 17.0 Å². The van der Waals surface area contributed by atoms with Crippen molar-refractivity contribution >= 4 is 17.3 Å². The first-order valence-electron chi connectivity index (χ1n) is 7.01. The van der Waals surface area contributed by atoms with Gasteiger partial charge in [0.25, 0.3) is 5.69 Å². The smallest absolute Gasteiger partial charge is 0.258 e. The number of benzene rings is 1. The monoisotopic (exact) mass is 283 g/mol. The molecule has 0 bridgehead atoms. The van der Waals surface area contributed by atoms with Crippen LogP contribution < -0.4 is 0 Å². The molecule has 1 atom stereocenters. The summed E-state index contributed by atoms with van der Waals surface area (Å²) in [4.78, 5) is 10.6. The summed E-state index contributed by atoms with van der Waals surface area (Å²) in [6.07, 6.45) is 7.58. The van der Waals surface area contributed by atoms with Gasteiger partial charge in [-0.2, -0.15) is 0 Å². The first-order valence-corrected chi connectivity index (χ1v) is 7.45. The predicted molar refractivity (Wildman–Crippen MR) is 79.8 cm³/mol. The Labute approximate surface area is 120 Å². The second-order valence-corrected chi connectivity index (χ2v) is 5.51. The fraction of sp³-hybridized carbons (Fsp3) is 0.600. The van der Waals surface area contributed by atoms with Crippen molar-refractivity contribution in [3.8, 4) is 0 Å². The summed E-state index contributed by atoms with van der Waals surface area (Å²) in [5.74, 6) is 0. The van der Waals surface area contributed by atoms with E-state index in [-0.39, 0.29) is 16.0 Å². The summed E-state index contributed by atoms with van der Waals surface area (Å²) in [7, 11) is 0. The summed E-state index contributed by atoms with van der Waals surface area (Å²) in [6.45, 7) is 2.19. The lowest BCUT2D eigenvalue weighted by atomic mass is 10.0. The first-order chi connectivity index (χ1) is 9.15. The van der Waals surface area contributed by atoms with Crippen molar-refractivity contribution in [3.63, 3.8) is 0 Å². The molecule has 0 spiro atoms. The van der Waals surface area contributed by atoms with E-state index in [0.717, 1.165) is 18.4 Å². The number of hydrogen-bond donors (Lipinski definition) is 0. The van der Waals surface area contributed by atoms with Crippen LogP contribution in [0, 0.1) is 10.1 Å². The Morgan fingerprint density at radius 2 is 1.89 bits per heavy atom. The van der Waals surface area contributed by atoms with E-state index < -0.39 is 0 Å². The largest absolute Gasteiger partial charge is 0.272 e. The van der Waals surface area contributed by atoms with Gasteiger partial charge in [0.2, 0.25) is 0 Å². The fourth-order valence-electron chi connectivity index (χ4n) is 2.17. The van der Waals surface area contributed by atoms with Crippen molar-refractivity contribution < 1.29 is 4.92 Å². The molecule has 0 aliphatic rings. The van der Waals surface area contributed by atoms with Crippen LogP contribution in [0.25, 0.3) is 0 Å². The topological polar surface area (TPSA) is 43.1 Å². The van der Waals surface area contributed by atoms with Crippen LogP contribution in [0.1, 0.15) is 51.0 Å². The minimum absolute atomic E-state index is 0.0114. The maximum Gasteiger partial charge on any atom is 0.272 e. The highest BCUT2D eigenvalue weighted by molar-refractivity contribution is 6.20. The van der Waals surface area contributed by atoms with E-state index in [1.807, 2.05) is 6.07 Å². The number of para-hydroxylation sites is 1. The number of nitro benzene ring substituents is 1. The summed E-state index contributed by atoms with van der Waals surface area (Å²) >= 11 is 6.28. The molecule has 106 valence electrons. The molecular formula is C15H22ClNO2. The van der Waals surface area contributed by atoms with Gasteiger partial charge in [0.15, 0.2) is 0 Å². The number of rotatable bonds is 9. The zero-order valence-electron chi connectivity index (χ0n) is 11.5. The van der Waals surface area contributed by atoms with Gasteiger partial charge in [-0.15, -0.1) is 11.6 Å². The SMILES string of the molecule is CCCCCCCC(Cl)Cc1ccccc1[N+](=O)[O-]. The van der Waals surface area contributed by atoms with Crippen LogP contribution >= 0.6 is 11.6 Å². The van der Waals surface area contributed by atoms with Crippen LogP contribution in [0.4, 0.5) is 5.69 Å². The van der Waals surface area contributed by atoms with Crippen LogP contribution in [0.5, 0.6) is 0 Å². The third-order valence-electron chi connectivity index (χ3n) is 3.25. The molecule has 0 fully saturated rings. The lowest BCUT2D eigenvalue weighted by Crippen LogP contribution is -2.05. The molecule has 1 rings (SSSR count). The molecule has 0 radical (unpaired) electrons. The zero-order chi connectivity index (χ0) is 14.1. The summed E-state index contributed by atoms with van der Waals surface area (Å²) < 4.78 is 0. The number of nitrogens with zero attached hydrogens (tertiary/aromatic N) is 1. The number of hydrogen-bond acceptors (Lipinski definition) is 2. The lowest BCUT2D eigenvalue weighted by Gasteiger charge is -2.09. The molecule has 0 saturated heterocycles. The maximum atomic E-state index is 10.9. The second-order valence-electron chi connectivity index (χ2n) is 4.89. The van der Waals surface area contributed by atoms with Crippen LogP contribution in [0.2, 0.25) is 0 Å². The van der Waals surface area contributed by atoms with Crippen LogP contribution in [0.15, 0.2) is 24.3 Å². The van der Waals surface area contributed by atoms with E-state index >= 15 is 0 Å². The number of unbranched alkanes of at least 4 members (excludes halogenated alkanes) is 4. The van der Waals surface area contributed by atoms with Crippen LogP contribution in [-0.2, 0) is 6.42 Å². The van der Waals surface area contributed by atoms with E-state index in [4.69, 9.17) is 11.6 Å². The molecule has 4 heteroatoms. The zero-order valence-corrected chi connectivity index (χ0v) is 12.2. The van der Waals surface area contributed by atoms with E-state index in [9.17, 15) is 10.1 Å². The van der Waals surface area contributed by atoms with Crippen molar-refractivity contribution in [1.29, 1.82) is 0 Å². The minimum atomic E-state index is -0.333. The van der Waals surface area contributed by atoms with Gasteiger partial charge in [0.1, 0.15) is 0 Å². The van der Waals surface area contributed by atoms with E-state index in [1.165, 1.54) is 25.7 Å². The van der Waals surface area contributed by atoms with Gasteiger partial charge in [0.05, 0.1) is 4.92 Å². The van der Waals surface area contributed by atoms with Crippen molar-refractivity contribution in [1.82, 2.24) is 0 Å². The molecule has 0 heterocycles. The molecule has 0 aliphatic heterocycles. The maximum absolute atomic E-state index is 10.9. The van der Waals surface area contributed by atoms with Gasteiger partial charge in [-0.25, -0.2) is 0 Å². The Balaban J connectivity index is 2.39. The van der Waals surface area contributed by atoms with Crippen molar-refractivity contribution in [2.45, 2.75) is 57.2 Å². The molecular weight excluding hydrogens is 262 g/mol. The summed E-state index contributed by atoms with van der Waals surface area (Å²) in [6, 6.07) is 6.85. The molecule has 0 aliphatic carbocycles. The Kier molecular flexibility index (Phi) is 7.49. The normalized spacial score (nSPS) is 12.3. The molecule has 3 nitrogen and oxygen atoms in total. The highest BCUT2D eigenvalue weighted by atomic mass is 35.5. The molecule has 0 N–H and O–H groups in total. The molecule has 0 saturated carbocycles. The van der Waals surface area contributed by atoms with Gasteiger partial charge in [-0.3, -0.25) is 10.1 Å². The number of halogens is 1. The van der Waals surface area contributed by atoms with Gasteiger partial charge < -0.3 is 0 Å². The molecule has 0 amide bonds. The van der Waals surface area contributed by atoms with Crippen molar-refractivity contribution in [2.24, 2.45) is 0 Å². The molecule has 19 heavy (non-hydrogen) atoms. The summed E-state index contributed by atoms with van der Waals surface area (Å²) in [5.41, 5.74) is 0.917. The Morgan fingerprint density at radius 3 is 2.58 bits per heavy atom. The molecule has 0 aromatic heterocycles. The highest BCUT2D eigenvalue weighted by Crippen LogP contribution is 2.23. The summed E-state index contributed by atoms with van der Waals surface area (Å²) in [5, 5.41) is 10.9. The average Bonchev–Trinajstić information content (AvgIpc) is 2.39. The average molecular weight is 284 g/mol. The second kappa shape index (κ2) is 8.92. The fourth-order valence-corrected chi connectivity index (χ4v) is 2.49. The lowest BCUT2D eigenvalue weighted by molar-refractivity contribution is -0.385. The molecule has 1 aromatic rings. The van der Waals surface area contributed by atoms with E-state index in [1.54, 1.807) is 18.2 Å². The standard InChI is InChI=1S/C15H22ClNO2/c1-2-3-4-5-6-10-14(16)12-13-9-7-8-11-15(13)17(18)19/h7-9,11,14H,2-6,10,12H2,1H3. The Morgan fingerprint density at radius 1 is 1.21 bits per heavy atom. The first kappa shape index (κ1) is 16.0. The van der Waals surface area contributed by atoms with Crippen LogP contribution in [0.3, 0.4) is 0 Å². The Hall–Kier alpha value is -1.09. The van der Waals surface area contributed by atoms with Crippen molar-refractivity contribution in [3.05, 3.63) is 39.9 Å². The highest BCUT2D eigenvalue weighted by Gasteiger charge is 2.15. The number of nitro groups is 1. The molecule has 1 unspecified atom stereocenters. The minimum Gasteiger partial charge on any atom is -0.258 e. The van der Waals surface area contributed by atoms with Crippen LogP contribution in [-0.4, -0.2) is 10.3 Å². The quantitative estimate of drug-likeness (QED) is 0.274. The van der Waals surface area contributed by atoms with Gasteiger partial charge in [-0.05, 0) is 12.8 Å². The van der Waals surface area contributed by atoms with E-state index in [2.05, 4.69) is 6.92 Å².